The predicted octanol–water partition coefficient (Wildman–Crippen LogP) is 10.3. The zero-order valence-corrected chi connectivity index (χ0v) is 24.3. The van der Waals surface area contributed by atoms with Gasteiger partial charge in [0.1, 0.15) is 0 Å². The fraction of sp³-hybridized carbons (Fsp3) is 0. The van der Waals surface area contributed by atoms with Crippen molar-refractivity contribution in [2.45, 2.75) is 0 Å². The lowest BCUT2D eigenvalue weighted by Crippen LogP contribution is -1.96. The van der Waals surface area contributed by atoms with E-state index >= 15 is 0 Å². The van der Waals surface area contributed by atoms with Crippen molar-refractivity contribution in [2.24, 2.45) is 0 Å². The minimum absolute atomic E-state index is 0.701. The van der Waals surface area contributed by atoms with Crippen LogP contribution in [0.25, 0.3) is 83.4 Å². The number of rotatable bonds is 4. The summed E-state index contributed by atoms with van der Waals surface area (Å²) in [6.45, 7) is 0. The Morgan fingerprint density at radius 1 is 0.356 bits per heavy atom. The molecule has 45 heavy (non-hydrogen) atoms. The lowest BCUT2D eigenvalue weighted by molar-refractivity contribution is 1.23. The first-order valence-corrected chi connectivity index (χ1v) is 15.1. The molecule has 0 aliphatic rings. The highest BCUT2D eigenvalue weighted by atomic mass is 14.9. The van der Waals surface area contributed by atoms with E-state index in [4.69, 9.17) is 15.0 Å². The Kier molecular flexibility index (Phi) is 5.78. The fourth-order valence-electron chi connectivity index (χ4n) is 6.38. The summed E-state index contributed by atoms with van der Waals surface area (Å²) >= 11 is 0. The van der Waals surface area contributed by atoms with Crippen LogP contribution in [0, 0.1) is 0 Å². The second kappa shape index (κ2) is 10.2. The van der Waals surface area contributed by atoms with Crippen molar-refractivity contribution < 1.29 is 0 Å². The minimum Gasteiger partial charge on any atom is -0.306 e. The number of nitrogens with zero attached hydrogens (tertiary/aromatic N) is 4. The predicted molar refractivity (Wildman–Crippen MR) is 185 cm³/mol. The zero-order chi connectivity index (χ0) is 29.7. The second-order valence-electron chi connectivity index (χ2n) is 11.3. The molecule has 0 saturated heterocycles. The number of hydrogen-bond acceptors (Lipinski definition) is 3. The molecule has 0 unspecified atom stereocenters. The van der Waals surface area contributed by atoms with Gasteiger partial charge in [0.15, 0.2) is 5.82 Å². The van der Waals surface area contributed by atoms with Gasteiger partial charge in [0.05, 0.1) is 39.0 Å². The Balaban J connectivity index is 1.15. The Hall–Kier alpha value is -6.13. The van der Waals surface area contributed by atoms with E-state index in [-0.39, 0.29) is 0 Å². The molecule has 210 valence electrons. The molecule has 0 atom stereocenters. The van der Waals surface area contributed by atoms with E-state index in [9.17, 15) is 0 Å². The van der Waals surface area contributed by atoms with Gasteiger partial charge in [-0.15, -0.1) is 0 Å². The van der Waals surface area contributed by atoms with Crippen molar-refractivity contribution in [1.82, 2.24) is 19.4 Å². The number of fused-ring (bicyclic) bond motifs is 6. The maximum absolute atomic E-state index is 5.14. The van der Waals surface area contributed by atoms with E-state index < -0.39 is 0 Å². The molecule has 0 saturated carbocycles. The van der Waals surface area contributed by atoms with E-state index in [1.165, 1.54) is 22.0 Å². The van der Waals surface area contributed by atoms with Crippen LogP contribution in [0.3, 0.4) is 0 Å². The van der Waals surface area contributed by atoms with E-state index in [1.807, 2.05) is 24.3 Å². The SMILES string of the molecule is c1ccc(-c2ccc(-c3nc(-c4ccc(-c5nc6ccccc6n6c5cc5ccccc56)cc4)nc4ccccc34)cc2)cc1. The van der Waals surface area contributed by atoms with Gasteiger partial charge in [-0.3, -0.25) is 0 Å². The van der Waals surface area contributed by atoms with E-state index in [2.05, 4.69) is 138 Å². The summed E-state index contributed by atoms with van der Waals surface area (Å²) in [5, 5.41) is 2.23. The van der Waals surface area contributed by atoms with Crippen LogP contribution in [0.5, 0.6) is 0 Å². The third kappa shape index (κ3) is 4.27. The van der Waals surface area contributed by atoms with Gasteiger partial charge in [-0.2, -0.15) is 0 Å². The number of hydrogen-bond donors (Lipinski definition) is 0. The molecule has 0 fully saturated rings. The van der Waals surface area contributed by atoms with Crippen LogP contribution in [-0.4, -0.2) is 19.4 Å². The molecule has 0 aliphatic heterocycles. The molecule has 9 aromatic rings. The summed E-state index contributed by atoms with van der Waals surface area (Å²) in [7, 11) is 0. The van der Waals surface area contributed by atoms with E-state index in [0.717, 1.165) is 55.5 Å². The molecule has 0 spiro atoms. The molecule has 9 rings (SSSR count). The van der Waals surface area contributed by atoms with Crippen LogP contribution in [-0.2, 0) is 0 Å². The summed E-state index contributed by atoms with van der Waals surface area (Å²) in [5.74, 6) is 0.701. The Bertz CT molecular complexity index is 2510. The van der Waals surface area contributed by atoms with Gasteiger partial charge in [0.2, 0.25) is 0 Å². The third-order valence-corrected chi connectivity index (χ3v) is 8.59. The van der Waals surface area contributed by atoms with Crippen LogP contribution in [0.4, 0.5) is 0 Å². The maximum atomic E-state index is 5.14. The first-order chi connectivity index (χ1) is 22.3. The average Bonchev–Trinajstić information content (AvgIpc) is 3.51. The highest BCUT2D eigenvalue weighted by molar-refractivity contribution is 5.99. The minimum atomic E-state index is 0.701. The van der Waals surface area contributed by atoms with Crippen molar-refractivity contribution in [3.63, 3.8) is 0 Å². The summed E-state index contributed by atoms with van der Waals surface area (Å²) in [4.78, 5) is 15.3. The first kappa shape index (κ1) is 25.4. The molecule has 0 radical (unpaired) electrons. The van der Waals surface area contributed by atoms with Crippen molar-refractivity contribution in [3.8, 4) is 45.0 Å². The van der Waals surface area contributed by atoms with Crippen LogP contribution in [0.2, 0.25) is 0 Å². The van der Waals surface area contributed by atoms with Crippen LogP contribution < -0.4 is 0 Å². The maximum Gasteiger partial charge on any atom is 0.160 e. The molecule has 0 aliphatic carbocycles. The van der Waals surface area contributed by atoms with Gasteiger partial charge in [0, 0.05) is 27.5 Å². The molecule has 0 bridgehead atoms. The highest BCUT2D eigenvalue weighted by Crippen LogP contribution is 2.34. The van der Waals surface area contributed by atoms with Gasteiger partial charge in [-0.1, -0.05) is 127 Å². The van der Waals surface area contributed by atoms with Gasteiger partial charge in [0.25, 0.3) is 0 Å². The topological polar surface area (TPSA) is 43.1 Å². The van der Waals surface area contributed by atoms with E-state index in [0.29, 0.717) is 5.82 Å². The Morgan fingerprint density at radius 2 is 0.933 bits per heavy atom. The van der Waals surface area contributed by atoms with Gasteiger partial charge in [-0.25, -0.2) is 15.0 Å². The summed E-state index contributed by atoms with van der Waals surface area (Å²) < 4.78 is 2.32. The van der Waals surface area contributed by atoms with Crippen molar-refractivity contribution in [3.05, 3.63) is 158 Å². The smallest absolute Gasteiger partial charge is 0.160 e. The van der Waals surface area contributed by atoms with Gasteiger partial charge >= 0.3 is 0 Å². The van der Waals surface area contributed by atoms with Crippen LogP contribution >= 0.6 is 0 Å². The number of benzene rings is 6. The molecule has 6 aromatic carbocycles. The number of aromatic nitrogens is 4. The third-order valence-electron chi connectivity index (χ3n) is 8.59. The average molecular weight is 575 g/mol. The molecule has 0 amide bonds. The van der Waals surface area contributed by atoms with Crippen LogP contribution in [0.15, 0.2) is 158 Å². The summed E-state index contributed by atoms with van der Waals surface area (Å²) in [5.41, 5.74) is 12.6. The molecule has 0 N–H and O–H groups in total. The lowest BCUT2D eigenvalue weighted by Gasteiger charge is -2.12. The molecule has 3 aromatic heterocycles. The lowest BCUT2D eigenvalue weighted by atomic mass is 10.0. The molecular weight excluding hydrogens is 548 g/mol. The first-order valence-electron chi connectivity index (χ1n) is 15.1. The van der Waals surface area contributed by atoms with Gasteiger partial charge in [-0.05, 0) is 41.5 Å². The van der Waals surface area contributed by atoms with Crippen molar-refractivity contribution in [1.29, 1.82) is 0 Å². The fourth-order valence-corrected chi connectivity index (χ4v) is 6.38. The second-order valence-corrected chi connectivity index (χ2v) is 11.3. The quantitative estimate of drug-likeness (QED) is 0.210. The standard InChI is InChI=1S/C41H26N4/c1-2-10-27(11-3-1)28-18-20-29(21-19-28)39-33-13-5-6-14-34(33)43-41(44-39)31-24-22-30(23-25-31)40-38-26-32-12-4-8-16-36(32)45(38)37-17-9-7-15-35(37)42-40/h1-26H. The van der Waals surface area contributed by atoms with Crippen molar-refractivity contribution in [2.75, 3.05) is 0 Å². The summed E-state index contributed by atoms with van der Waals surface area (Å²) in [6, 6.07) is 54.9. The zero-order valence-electron chi connectivity index (χ0n) is 24.3. The summed E-state index contributed by atoms with van der Waals surface area (Å²) in [6.07, 6.45) is 0. The number of para-hydroxylation sites is 4. The van der Waals surface area contributed by atoms with Crippen molar-refractivity contribution >= 4 is 38.4 Å². The Labute approximate surface area is 259 Å². The molecule has 4 heteroatoms. The monoisotopic (exact) mass is 574 g/mol. The highest BCUT2D eigenvalue weighted by Gasteiger charge is 2.15. The van der Waals surface area contributed by atoms with Gasteiger partial charge < -0.3 is 4.40 Å². The molecule has 4 nitrogen and oxygen atoms in total. The van der Waals surface area contributed by atoms with Crippen LogP contribution in [0.1, 0.15) is 0 Å². The molecular formula is C41H26N4. The Morgan fingerprint density at radius 3 is 1.73 bits per heavy atom. The normalized spacial score (nSPS) is 11.6. The molecule has 3 heterocycles. The largest absolute Gasteiger partial charge is 0.306 e. The van der Waals surface area contributed by atoms with E-state index in [1.54, 1.807) is 0 Å².